The summed E-state index contributed by atoms with van der Waals surface area (Å²) in [6, 6.07) is 7.68. The number of halogens is 1. The molecule has 4 heteroatoms. The van der Waals surface area contributed by atoms with Gasteiger partial charge < -0.3 is 5.73 Å². The van der Waals surface area contributed by atoms with Crippen LogP contribution in [-0.4, -0.2) is 10.2 Å². The van der Waals surface area contributed by atoms with Crippen LogP contribution >= 0.6 is 0 Å². The Morgan fingerprint density at radius 1 is 1.13 bits per heavy atom. The van der Waals surface area contributed by atoms with Crippen molar-refractivity contribution in [1.82, 2.24) is 10.2 Å². The van der Waals surface area contributed by atoms with E-state index in [1.165, 1.54) is 18.5 Å². The maximum Gasteiger partial charge on any atom is 0.128 e. The summed E-state index contributed by atoms with van der Waals surface area (Å²) in [4.78, 5) is 0. The van der Waals surface area contributed by atoms with E-state index in [0.717, 1.165) is 5.56 Å². The predicted molar refractivity (Wildman–Crippen MR) is 54.5 cm³/mol. The zero-order chi connectivity index (χ0) is 10.7. The van der Waals surface area contributed by atoms with Crippen LogP contribution in [0.4, 0.5) is 4.39 Å². The highest BCUT2D eigenvalue weighted by Crippen LogP contribution is 2.20. The molecular weight excluding hydrogens is 193 g/mol. The van der Waals surface area contributed by atoms with Crippen molar-refractivity contribution in [2.45, 2.75) is 6.04 Å². The molecule has 0 amide bonds. The van der Waals surface area contributed by atoms with Gasteiger partial charge in [-0.3, -0.25) is 0 Å². The second-order valence-electron chi connectivity index (χ2n) is 3.17. The minimum Gasteiger partial charge on any atom is -0.320 e. The van der Waals surface area contributed by atoms with Gasteiger partial charge in [0.2, 0.25) is 0 Å². The van der Waals surface area contributed by atoms with Gasteiger partial charge in [0.05, 0.1) is 12.2 Å². The van der Waals surface area contributed by atoms with Crippen LogP contribution in [0.5, 0.6) is 0 Å². The Bertz CT molecular complexity index is 445. The van der Waals surface area contributed by atoms with E-state index in [4.69, 9.17) is 5.73 Å². The normalized spacial score (nSPS) is 12.4. The second kappa shape index (κ2) is 4.14. The van der Waals surface area contributed by atoms with E-state index < -0.39 is 6.04 Å². The number of hydrogen-bond acceptors (Lipinski definition) is 3. The Kier molecular flexibility index (Phi) is 2.69. The quantitative estimate of drug-likeness (QED) is 0.807. The van der Waals surface area contributed by atoms with Gasteiger partial charge in [-0.15, -0.1) is 0 Å². The third-order valence-corrected chi connectivity index (χ3v) is 2.21. The first-order valence-electron chi connectivity index (χ1n) is 4.55. The molecule has 0 aliphatic rings. The minimum atomic E-state index is -0.498. The average Bonchev–Trinajstić information content (AvgIpc) is 2.30. The maximum absolute atomic E-state index is 13.4. The number of nitrogens with zero attached hydrogens (tertiary/aromatic N) is 2. The predicted octanol–water partition coefficient (Wildman–Crippen LogP) is 1.66. The monoisotopic (exact) mass is 203 g/mol. The van der Waals surface area contributed by atoms with Gasteiger partial charge in [0.15, 0.2) is 0 Å². The molecule has 0 saturated carbocycles. The summed E-state index contributed by atoms with van der Waals surface area (Å²) >= 11 is 0. The van der Waals surface area contributed by atoms with Gasteiger partial charge in [-0.1, -0.05) is 18.2 Å². The second-order valence-corrected chi connectivity index (χ2v) is 3.17. The Labute approximate surface area is 86.8 Å². The van der Waals surface area contributed by atoms with Crippen molar-refractivity contribution in [3.05, 3.63) is 59.7 Å². The van der Waals surface area contributed by atoms with Crippen LogP contribution in [0.1, 0.15) is 17.2 Å². The van der Waals surface area contributed by atoms with Gasteiger partial charge in [0.1, 0.15) is 5.82 Å². The van der Waals surface area contributed by atoms with E-state index in [1.807, 2.05) is 0 Å². The molecule has 2 N–H and O–H groups in total. The molecular formula is C11H10FN3. The van der Waals surface area contributed by atoms with E-state index >= 15 is 0 Å². The highest BCUT2D eigenvalue weighted by molar-refractivity contribution is 5.29. The number of benzene rings is 1. The lowest BCUT2D eigenvalue weighted by Crippen LogP contribution is -2.13. The average molecular weight is 203 g/mol. The van der Waals surface area contributed by atoms with Gasteiger partial charge in [-0.05, 0) is 17.7 Å². The van der Waals surface area contributed by atoms with Gasteiger partial charge in [0.25, 0.3) is 0 Å². The molecule has 1 heterocycles. The highest BCUT2D eigenvalue weighted by Gasteiger charge is 2.12. The van der Waals surface area contributed by atoms with E-state index in [1.54, 1.807) is 24.3 Å². The van der Waals surface area contributed by atoms with Crippen LogP contribution < -0.4 is 5.73 Å². The fourth-order valence-corrected chi connectivity index (χ4v) is 1.39. The molecule has 0 aliphatic carbocycles. The lowest BCUT2D eigenvalue weighted by molar-refractivity contribution is 0.599. The SMILES string of the molecule is NC(c1ccnnc1)c1ccccc1F. The van der Waals surface area contributed by atoms with Crippen LogP contribution in [0.3, 0.4) is 0 Å². The van der Waals surface area contributed by atoms with E-state index in [-0.39, 0.29) is 5.82 Å². The Balaban J connectivity index is 2.37. The molecule has 1 unspecified atom stereocenters. The molecule has 0 aliphatic heterocycles. The Morgan fingerprint density at radius 3 is 2.60 bits per heavy atom. The van der Waals surface area contributed by atoms with Crippen molar-refractivity contribution in [1.29, 1.82) is 0 Å². The number of rotatable bonds is 2. The smallest absolute Gasteiger partial charge is 0.128 e. The maximum atomic E-state index is 13.4. The molecule has 0 saturated heterocycles. The third kappa shape index (κ3) is 1.99. The summed E-state index contributed by atoms with van der Waals surface area (Å²) in [7, 11) is 0. The first-order valence-corrected chi connectivity index (χ1v) is 4.55. The first kappa shape index (κ1) is 9.73. The van der Waals surface area contributed by atoms with Gasteiger partial charge in [-0.25, -0.2) is 4.39 Å². The Hall–Kier alpha value is -1.81. The van der Waals surface area contributed by atoms with E-state index in [9.17, 15) is 4.39 Å². The summed E-state index contributed by atoms with van der Waals surface area (Å²) in [6.07, 6.45) is 3.08. The topological polar surface area (TPSA) is 51.8 Å². The van der Waals surface area contributed by atoms with Gasteiger partial charge in [-0.2, -0.15) is 10.2 Å². The lowest BCUT2D eigenvalue weighted by atomic mass is 10.0. The number of hydrogen-bond donors (Lipinski definition) is 1. The zero-order valence-corrected chi connectivity index (χ0v) is 7.97. The molecule has 0 spiro atoms. The van der Waals surface area contributed by atoms with Crippen LogP contribution in [0.2, 0.25) is 0 Å². The van der Waals surface area contributed by atoms with Crippen molar-refractivity contribution in [2.24, 2.45) is 5.73 Å². The summed E-state index contributed by atoms with van der Waals surface area (Å²) < 4.78 is 13.4. The van der Waals surface area contributed by atoms with Crippen LogP contribution in [0.15, 0.2) is 42.7 Å². The van der Waals surface area contributed by atoms with Crippen molar-refractivity contribution in [2.75, 3.05) is 0 Å². The summed E-state index contributed by atoms with van der Waals surface area (Å²) in [5.41, 5.74) is 7.12. The largest absolute Gasteiger partial charge is 0.320 e. The standard InChI is InChI=1S/C11H10FN3/c12-10-4-2-1-3-9(10)11(13)8-5-6-14-15-7-8/h1-7,11H,13H2. The molecule has 15 heavy (non-hydrogen) atoms. The van der Waals surface area contributed by atoms with E-state index in [0.29, 0.717) is 5.56 Å². The first-order chi connectivity index (χ1) is 7.29. The molecule has 2 rings (SSSR count). The van der Waals surface area contributed by atoms with Crippen LogP contribution in [0.25, 0.3) is 0 Å². The fraction of sp³-hybridized carbons (Fsp3) is 0.0909. The molecule has 0 fully saturated rings. The number of aromatic nitrogens is 2. The van der Waals surface area contributed by atoms with Crippen LogP contribution in [0, 0.1) is 5.82 Å². The summed E-state index contributed by atoms with van der Waals surface area (Å²) in [6.45, 7) is 0. The third-order valence-electron chi connectivity index (χ3n) is 2.21. The molecule has 1 aromatic carbocycles. The van der Waals surface area contributed by atoms with Crippen LogP contribution in [-0.2, 0) is 0 Å². The highest BCUT2D eigenvalue weighted by atomic mass is 19.1. The molecule has 0 bridgehead atoms. The minimum absolute atomic E-state index is 0.304. The van der Waals surface area contributed by atoms with Crippen molar-refractivity contribution < 1.29 is 4.39 Å². The molecule has 76 valence electrons. The number of nitrogens with two attached hydrogens (primary N) is 1. The molecule has 2 aromatic rings. The molecule has 3 nitrogen and oxygen atoms in total. The van der Waals surface area contributed by atoms with E-state index in [2.05, 4.69) is 10.2 Å². The van der Waals surface area contributed by atoms with Crippen molar-refractivity contribution in [3.8, 4) is 0 Å². The summed E-state index contributed by atoms with van der Waals surface area (Å²) in [5.74, 6) is -0.304. The fourth-order valence-electron chi connectivity index (χ4n) is 1.39. The zero-order valence-electron chi connectivity index (χ0n) is 7.97. The Morgan fingerprint density at radius 2 is 1.93 bits per heavy atom. The van der Waals surface area contributed by atoms with Gasteiger partial charge in [0, 0.05) is 11.8 Å². The molecule has 0 radical (unpaired) electrons. The lowest BCUT2D eigenvalue weighted by Gasteiger charge is -2.12. The van der Waals surface area contributed by atoms with Crippen molar-refractivity contribution >= 4 is 0 Å². The van der Waals surface area contributed by atoms with Crippen molar-refractivity contribution in [3.63, 3.8) is 0 Å². The molecule has 1 aromatic heterocycles. The van der Waals surface area contributed by atoms with Gasteiger partial charge >= 0.3 is 0 Å². The summed E-state index contributed by atoms with van der Waals surface area (Å²) in [5, 5.41) is 7.35. The molecule has 1 atom stereocenters.